The van der Waals surface area contributed by atoms with Crippen LogP contribution >= 0.6 is 0 Å². The molecule has 0 spiro atoms. The Balaban J connectivity index is 1.25. The predicted molar refractivity (Wildman–Crippen MR) is 155 cm³/mol. The van der Waals surface area contributed by atoms with E-state index in [0.717, 1.165) is 33.4 Å². The van der Waals surface area contributed by atoms with Crippen molar-refractivity contribution in [1.29, 1.82) is 0 Å². The number of carboxylic acids is 1. The molecule has 1 saturated heterocycles. The highest BCUT2D eigenvalue weighted by Crippen LogP contribution is 2.40. The van der Waals surface area contributed by atoms with Gasteiger partial charge in [-0.25, -0.2) is 8.42 Å². The molecule has 1 unspecified atom stereocenters. The van der Waals surface area contributed by atoms with Gasteiger partial charge in [-0.1, -0.05) is 31.2 Å². The molecule has 0 bridgehead atoms. The van der Waals surface area contributed by atoms with Crippen LogP contribution in [0.2, 0.25) is 0 Å². The molecule has 2 aliphatic heterocycles. The number of carbonyl (C=O) groups is 1. The molecule has 0 aliphatic carbocycles. The molecule has 2 heterocycles. The molecule has 2 atom stereocenters. The van der Waals surface area contributed by atoms with Crippen LogP contribution in [0, 0.1) is 19.8 Å². The zero-order valence-electron chi connectivity index (χ0n) is 23.6. The van der Waals surface area contributed by atoms with Crippen molar-refractivity contribution in [2.45, 2.75) is 51.7 Å². The van der Waals surface area contributed by atoms with Crippen molar-refractivity contribution in [3.8, 4) is 28.4 Å². The summed E-state index contributed by atoms with van der Waals surface area (Å²) in [5.74, 6) is 0.399. The number of benzene rings is 3. The van der Waals surface area contributed by atoms with Crippen LogP contribution in [0.5, 0.6) is 17.2 Å². The molecular formula is C32H36O8S. The van der Waals surface area contributed by atoms with Gasteiger partial charge in [0.2, 0.25) is 0 Å². The summed E-state index contributed by atoms with van der Waals surface area (Å²) in [5, 5.41) is 20.1. The highest BCUT2D eigenvalue weighted by atomic mass is 32.2. The van der Waals surface area contributed by atoms with Gasteiger partial charge in [0, 0.05) is 17.5 Å². The van der Waals surface area contributed by atoms with E-state index in [1.807, 2.05) is 56.3 Å². The predicted octanol–water partition coefficient (Wildman–Crippen LogP) is 5.06. The van der Waals surface area contributed by atoms with E-state index < -0.39 is 27.3 Å². The fraction of sp³-hybridized carbons (Fsp3) is 0.406. The van der Waals surface area contributed by atoms with Gasteiger partial charge in [0.25, 0.3) is 0 Å². The van der Waals surface area contributed by atoms with Crippen molar-refractivity contribution in [1.82, 2.24) is 0 Å². The Morgan fingerprint density at radius 3 is 2.41 bits per heavy atom. The topological polar surface area (TPSA) is 119 Å². The first-order chi connectivity index (χ1) is 19.4. The monoisotopic (exact) mass is 580 g/mol. The standard InChI is InChI=1S/C32H36O8S/c1-20-13-26(40-19-32(35)9-11-41(36,37)12-10-32)14-21(2)30(20)24-6-4-5-23(15-24)17-38-25-7-8-27-28(22(3)31(33)34)18-39-29(27)16-25/h4-8,13-16,22,28,35H,9-12,17-19H2,1-3H3,(H,33,34)/t22?,28-/m0/s1. The van der Waals surface area contributed by atoms with E-state index in [1.165, 1.54) is 0 Å². The van der Waals surface area contributed by atoms with E-state index in [2.05, 4.69) is 12.1 Å². The van der Waals surface area contributed by atoms with Crippen LogP contribution in [0.15, 0.2) is 54.6 Å². The largest absolute Gasteiger partial charge is 0.492 e. The summed E-state index contributed by atoms with van der Waals surface area (Å²) in [6, 6.07) is 17.6. The Bertz CT molecular complexity index is 1520. The lowest BCUT2D eigenvalue weighted by atomic mass is 9.89. The number of sulfone groups is 1. The fourth-order valence-electron chi connectivity index (χ4n) is 5.62. The van der Waals surface area contributed by atoms with Crippen LogP contribution in [0.25, 0.3) is 11.1 Å². The molecule has 2 aliphatic rings. The van der Waals surface area contributed by atoms with Crippen molar-refractivity contribution in [2.75, 3.05) is 24.7 Å². The molecule has 218 valence electrons. The maximum absolute atomic E-state index is 11.7. The van der Waals surface area contributed by atoms with Gasteiger partial charge < -0.3 is 24.4 Å². The molecule has 41 heavy (non-hydrogen) atoms. The molecule has 9 heteroatoms. The molecule has 5 rings (SSSR count). The van der Waals surface area contributed by atoms with Crippen LogP contribution in [0.1, 0.15) is 47.9 Å². The lowest BCUT2D eigenvalue weighted by Gasteiger charge is -2.31. The maximum atomic E-state index is 11.7. The SMILES string of the molecule is Cc1cc(OCC2(O)CCS(=O)(=O)CC2)cc(C)c1-c1cccc(COc2ccc3c(c2)OC[C@H]3C(C)C(=O)O)c1. The van der Waals surface area contributed by atoms with Crippen molar-refractivity contribution in [3.63, 3.8) is 0 Å². The molecule has 0 radical (unpaired) electrons. The van der Waals surface area contributed by atoms with Crippen molar-refractivity contribution >= 4 is 15.8 Å². The zero-order valence-corrected chi connectivity index (χ0v) is 24.4. The van der Waals surface area contributed by atoms with Gasteiger partial charge in [-0.05, 0) is 78.8 Å². The Morgan fingerprint density at radius 1 is 1.02 bits per heavy atom. The number of aliphatic hydroxyl groups is 1. The highest BCUT2D eigenvalue weighted by Gasteiger charge is 2.36. The molecule has 3 aromatic carbocycles. The first-order valence-corrected chi connectivity index (χ1v) is 15.6. The molecule has 0 aromatic heterocycles. The van der Waals surface area contributed by atoms with E-state index in [-0.39, 0.29) is 36.9 Å². The third kappa shape index (κ3) is 6.52. The number of rotatable bonds is 9. The second kappa shape index (κ2) is 11.4. The smallest absolute Gasteiger partial charge is 0.306 e. The first-order valence-electron chi connectivity index (χ1n) is 13.8. The average Bonchev–Trinajstić information content (AvgIpc) is 3.35. The van der Waals surface area contributed by atoms with Crippen molar-refractivity contribution in [2.24, 2.45) is 5.92 Å². The minimum Gasteiger partial charge on any atom is -0.492 e. The second-order valence-corrected chi connectivity index (χ2v) is 13.6. The van der Waals surface area contributed by atoms with Crippen molar-refractivity contribution < 1.29 is 37.6 Å². The molecule has 2 N–H and O–H groups in total. The normalized spacial score (nSPS) is 19.6. The Labute approximate surface area is 240 Å². The summed E-state index contributed by atoms with van der Waals surface area (Å²) in [6.07, 6.45) is 0.367. The van der Waals surface area contributed by atoms with Gasteiger partial charge in [0.1, 0.15) is 36.1 Å². The van der Waals surface area contributed by atoms with Crippen molar-refractivity contribution in [3.05, 3.63) is 76.9 Å². The molecule has 0 saturated carbocycles. The third-order valence-corrected chi connectivity index (χ3v) is 9.84. The van der Waals surface area contributed by atoms with Gasteiger partial charge in [-0.3, -0.25) is 4.79 Å². The summed E-state index contributed by atoms with van der Waals surface area (Å²) in [7, 11) is -3.07. The van der Waals surface area contributed by atoms with Gasteiger partial charge in [0.05, 0.1) is 24.0 Å². The summed E-state index contributed by atoms with van der Waals surface area (Å²) in [6.45, 7) is 6.50. The van der Waals surface area contributed by atoms with Crippen LogP contribution in [0.4, 0.5) is 0 Å². The van der Waals surface area contributed by atoms with Crippen LogP contribution in [-0.2, 0) is 21.2 Å². The fourth-order valence-corrected chi connectivity index (χ4v) is 7.20. The van der Waals surface area contributed by atoms with Crippen LogP contribution in [-0.4, -0.2) is 54.9 Å². The molecular weight excluding hydrogens is 544 g/mol. The third-order valence-electron chi connectivity index (χ3n) is 8.19. The number of aliphatic carboxylic acids is 1. The van der Waals surface area contributed by atoms with E-state index in [9.17, 15) is 23.4 Å². The van der Waals surface area contributed by atoms with E-state index >= 15 is 0 Å². The Hall–Kier alpha value is -3.56. The van der Waals surface area contributed by atoms with E-state index in [0.29, 0.717) is 30.5 Å². The lowest BCUT2D eigenvalue weighted by Crippen LogP contribution is -2.43. The van der Waals surface area contributed by atoms with Crippen LogP contribution < -0.4 is 14.2 Å². The average molecular weight is 581 g/mol. The zero-order chi connectivity index (χ0) is 29.4. The number of fused-ring (bicyclic) bond motifs is 1. The molecule has 1 fully saturated rings. The number of carboxylic acid groups (broad SMARTS) is 1. The number of ether oxygens (including phenoxy) is 3. The maximum Gasteiger partial charge on any atom is 0.306 e. The van der Waals surface area contributed by atoms with Gasteiger partial charge >= 0.3 is 5.97 Å². The Morgan fingerprint density at radius 2 is 1.73 bits per heavy atom. The lowest BCUT2D eigenvalue weighted by molar-refractivity contribution is -0.142. The summed E-state index contributed by atoms with van der Waals surface area (Å²) >= 11 is 0. The first kappa shape index (κ1) is 29.0. The second-order valence-electron chi connectivity index (χ2n) is 11.3. The minimum atomic E-state index is -3.07. The summed E-state index contributed by atoms with van der Waals surface area (Å²) in [5.41, 5.74) is 4.94. The quantitative estimate of drug-likeness (QED) is 0.360. The van der Waals surface area contributed by atoms with Gasteiger partial charge in [-0.2, -0.15) is 0 Å². The van der Waals surface area contributed by atoms with E-state index in [4.69, 9.17) is 14.2 Å². The van der Waals surface area contributed by atoms with E-state index in [1.54, 1.807) is 6.92 Å². The molecule has 8 nitrogen and oxygen atoms in total. The summed E-state index contributed by atoms with van der Waals surface area (Å²) < 4.78 is 41.2. The van der Waals surface area contributed by atoms with Gasteiger partial charge in [0.15, 0.2) is 9.84 Å². The van der Waals surface area contributed by atoms with Crippen LogP contribution in [0.3, 0.4) is 0 Å². The number of hydrogen-bond donors (Lipinski definition) is 2. The Kier molecular flexibility index (Phi) is 8.03. The minimum absolute atomic E-state index is 0.0172. The number of hydrogen-bond acceptors (Lipinski definition) is 7. The number of aryl methyl sites for hydroxylation is 2. The molecule has 3 aromatic rings. The highest BCUT2D eigenvalue weighted by molar-refractivity contribution is 7.91. The molecule has 0 amide bonds. The summed E-state index contributed by atoms with van der Waals surface area (Å²) in [4.78, 5) is 11.4. The van der Waals surface area contributed by atoms with Gasteiger partial charge in [-0.15, -0.1) is 0 Å².